The van der Waals surface area contributed by atoms with Gasteiger partial charge < -0.3 is 5.32 Å². The van der Waals surface area contributed by atoms with Crippen LogP contribution in [-0.2, 0) is 13.1 Å². The number of hydrogen-bond donors (Lipinski definition) is 1. The maximum Gasteiger partial charge on any atom is 0.256 e. The highest BCUT2D eigenvalue weighted by Crippen LogP contribution is 2.23. The van der Waals surface area contributed by atoms with Crippen molar-refractivity contribution in [3.8, 4) is 5.69 Å². The van der Waals surface area contributed by atoms with Crippen LogP contribution in [0.25, 0.3) is 5.69 Å². The van der Waals surface area contributed by atoms with Gasteiger partial charge in [-0.05, 0) is 56.1 Å². The van der Waals surface area contributed by atoms with Crippen LogP contribution in [0.5, 0.6) is 0 Å². The Bertz CT molecular complexity index is 1010. The number of benzene rings is 2. The molecule has 31 heavy (non-hydrogen) atoms. The van der Waals surface area contributed by atoms with Gasteiger partial charge in [0.2, 0.25) is 0 Å². The first kappa shape index (κ1) is 21.6. The maximum absolute atomic E-state index is 12.8. The van der Waals surface area contributed by atoms with Crippen molar-refractivity contribution in [3.63, 3.8) is 0 Å². The number of aromatic nitrogens is 2. The number of carbonyl (C=O) groups is 1. The molecular formula is C25H29ClN4O. The van der Waals surface area contributed by atoms with Crippen LogP contribution in [-0.4, -0.2) is 33.7 Å². The molecule has 1 aliphatic rings. The normalized spacial score (nSPS) is 14.9. The molecule has 4 rings (SSSR count). The molecule has 0 radical (unpaired) electrons. The van der Waals surface area contributed by atoms with E-state index >= 15 is 0 Å². The van der Waals surface area contributed by atoms with E-state index in [1.165, 1.54) is 44.3 Å². The van der Waals surface area contributed by atoms with Gasteiger partial charge in [0.25, 0.3) is 5.91 Å². The maximum atomic E-state index is 12.8. The first-order valence-electron chi connectivity index (χ1n) is 11.0. The zero-order valence-electron chi connectivity index (χ0n) is 18.0. The van der Waals surface area contributed by atoms with Crippen LogP contribution < -0.4 is 5.32 Å². The highest BCUT2D eigenvalue weighted by molar-refractivity contribution is 6.33. The number of nitrogens with one attached hydrogen (secondary N) is 1. The van der Waals surface area contributed by atoms with Crippen LogP contribution in [0.1, 0.15) is 52.9 Å². The molecule has 0 spiro atoms. The van der Waals surface area contributed by atoms with Crippen molar-refractivity contribution in [1.29, 1.82) is 0 Å². The van der Waals surface area contributed by atoms with E-state index in [4.69, 9.17) is 11.6 Å². The summed E-state index contributed by atoms with van der Waals surface area (Å²) in [6.07, 6.45) is 5.30. The third-order valence-corrected chi connectivity index (χ3v) is 6.16. The monoisotopic (exact) mass is 436 g/mol. The molecule has 1 fully saturated rings. The molecule has 2 heterocycles. The van der Waals surface area contributed by atoms with Crippen molar-refractivity contribution in [3.05, 3.63) is 82.1 Å². The van der Waals surface area contributed by atoms with Gasteiger partial charge in [0.15, 0.2) is 0 Å². The van der Waals surface area contributed by atoms with Crippen LogP contribution in [0.4, 0.5) is 0 Å². The molecule has 2 aromatic carbocycles. The second-order valence-electron chi connectivity index (χ2n) is 8.19. The Kier molecular flexibility index (Phi) is 7.05. The summed E-state index contributed by atoms with van der Waals surface area (Å²) in [7, 11) is 0. The first-order chi connectivity index (χ1) is 15.1. The number of rotatable bonds is 6. The van der Waals surface area contributed by atoms with Gasteiger partial charge in [-0.25, -0.2) is 4.68 Å². The average Bonchev–Trinajstić information content (AvgIpc) is 2.94. The topological polar surface area (TPSA) is 50.2 Å². The molecule has 1 saturated heterocycles. The molecule has 0 aliphatic carbocycles. The van der Waals surface area contributed by atoms with Gasteiger partial charge in [0, 0.05) is 13.1 Å². The second kappa shape index (κ2) is 10.1. The van der Waals surface area contributed by atoms with Crippen molar-refractivity contribution in [2.75, 3.05) is 13.1 Å². The Labute approximate surface area is 189 Å². The van der Waals surface area contributed by atoms with Crippen molar-refractivity contribution in [2.45, 2.75) is 45.7 Å². The Morgan fingerprint density at radius 2 is 1.61 bits per heavy atom. The zero-order valence-corrected chi connectivity index (χ0v) is 18.7. The third-order valence-electron chi connectivity index (χ3n) is 5.81. The minimum atomic E-state index is -0.210. The Balaban J connectivity index is 1.37. The number of hydrogen-bond acceptors (Lipinski definition) is 3. The standard InChI is InChI=1S/C25H29ClN4O/c1-19-23(24(26)30(28-19)22-9-5-4-6-10-22)25(31)27-17-20-11-13-21(14-12-20)18-29-15-7-2-3-8-16-29/h4-6,9-14H,2-3,7-8,15-18H2,1H3,(H,27,31). The van der Waals surface area contributed by atoms with Gasteiger partial charge in [-0.3, -0.25) is 9.69 Å². The fourth-order valence-electron chi connectivity index (χ4n) is 4.08. The van der Waals surface area contributed by atoms with E-state index in [1.54, 1.807) is 11.6 Å². The lowest BCUT2D eigenvalue weighted by Crippen LogP contribution is -2.24. The number of nitrogens with zero attached hydrogens (tertiary/aromatic N) is 3. The molecule has 1 aromatic heterocycles. The summed E-state index contributed by atoms with van der Waals surface area (Å²) < 4.78 is 1.60. The number of likely N-dealkylation sites (tertiary alicyclic amines) is 1. The van der Waals surface area contributed by atoms with Gasteiger partial charge in [-0.2, -0.15) is 5.10 Å². The van der Waals surface area contributed by atoms with Crippen LogP contribution in [0.2, 0.25) is 5.15 Å². The van der Waals surface area contributed by atoms with Crippen molar-refractivity contribution < 1.29 is 4.79 Å². The highest BCUT2D eigenvalue weighted by Gasteiger charge is 2.21. The second-order valence-corrected chi connectivity index (χ2v) is 8.55. The molecule has 3 aromatic rings. The number of carbonyl (C=O) groups excluding carboxylic acids is 1. The SMILES string of the molecule is Cc1nn(-c2ccccc2)c(Cl)c1C(=O)NCc1ccc(CN2CCCCCC2)cc1. The quantitative estimate of drug-likeness (QED) is 0.582. The summed E-state index contributed by atoms with van der Waals surface area (Å²) in [5, 5.41) is 7.76. The molecule has 162 valence electrons. The highest BCUT2D eigenvalue weighted by atomic mass is 35.5. The third kappa shape index (κ3) is 5.35. The summed E-state index contributed by atoms with van der Waals surface area (Å²) in [6, 6.07) is 18.1. The number of amides is 1. The summed E-state index contributed by atoms with van der Waals surface area (Å²) >= 11 is 6.50. The van der Waals surface area contributed by atoms with Crippen LogP contribution in [0, 0.1) is 6.92 Å². The Morgan fingerprint density at radius 3 is 2.29 bits per heavy atom. The molecule has 1 N–H and O–H groups in total. The van der Waals surface area contributed by atoms with Gasteiger partial charge in [-0.1, -0.05) is 66.9 Å². The lowest BCUT2D eigenvalue weighted by atomic mass is 10.1. The van der Waals surface area contributed by atoms with E-state index in [1.807, 2.05) is 30.3 Å². The average molecular weight is 437 g/mol. The lowest BCUT2D eigenvalue weighted by Gasteiger charge is -2.19. The summed E-state index contributed by atoms with van der Waals surface area (Å²) in [5.41, 5.74) is 4.24. The first-order valence-corrected chi connectivity index (χ1v) is 11.4. The smallest absolute Gasteiger partial charge is 0.256 e. The van der Waals surface area contributed by atoms with Crippen molar-refractivity contribution in [1.82, 2.24) is 20.0 Å². The van der Waals surface area contributed by atoms with Gasteiger partial charge in [0.1, 0.15) is 5.15 Å². The molecule has 0 atom stereocenters. The zero-order chi connectivity index (χ0) is 21.6. The van der Waals surface area contributed by atoms with Gasteiger partial charge >= 0.3 is 0 Å². The molecule has 5 nitrogen and oxygen atoms in total. The number of aryl methyl sites for hydroxylation is 1. The fourth-order valence-corrected chi connectivity index (χ4v) is 4.44. The van der Waals surface area contributed by atoms with E-state index in [0.29, 0.717) is 23.0 Å². The van der Waals surface area contributed by atoms with Crippen molar-refractivity contribution in [2.24, 2.45) is 0 Å². The predicted molar refractivity (Wildman–Crippen MR) is 125 cm³/mol. The van der Waals surface area contributed by atoms with Crippen LogP contribution in [0.3, 0.4) is 0 Å². The Hall–Kier alpha value is -2.63. The molecule has 0 saturated carbocycles. The summed E-state index contributed by atoms with van der Waals surface area (Å²) in [6.45, 7) is 5.64. The summed E-state index contributed by atoms with van der Waals surface area (Å²) in [4.78, 5) is 15.4. The van der Waals surface area contributed by atoms with E-state index < -0.39 is 0 Å². The molecule has 0 unspecified atom stereocenters. The lowest BCUT2D eigenvalue weighted by molar-refractivity contribution is 0.0950. The van der Waals surface area contributed by atoms with Crippen LogP contribution in [0.15, 0.2) is 54.6 Å². The van der Waals surface area contributed by atoms with E-state index in [2.05, 4.69) is 39.6 Å². The number of para-hydroxylation sites is 1. The molecule has 1 amide bonds. The largest absolute Gasteiger partial charge is 0.348 e. The molecular weight excluding hydrogens is 408 g/mol. The molecule has 1 aliphatic heterocycles. The van der Waals surface area contributed by atoms with Crippen molar-refractivity contribution >= 4 is 17.5 Å². The number of halogens is 1. The van der Waals surface area contributed by atoms with E-state index in [9.17, 15) is 4.79 Å². The minimum absolute atomic E-state index is 0.210. The van der Waals surface area contributed by atoms with E-state index in [-0.39, 0.29) is 5.91 Å². The molecule has 0 bridgehead atoms. The van der Waals surface area contributed by atoms with Gasteiger partial charge in [0.05, 0.1) is 16.9 Å². The van der Waals surface area contributed by atoms with Crippen LogP contribution >= 0.6 is 11.6 Å². The Morgan fingerprint density at radius 1 is 0.968 bits per heavy atom. The summed E-state index contributed by atoms with van der Waals surface area (Å²) in [5.74, 6) is -0.210. The predicted octanol–water partition coefficient (Wildman–Crippen LogP) is 5.14. The molecule has 6 heteroatoms. The fraction of sp³-hybridized carbons (Fsp3) is 0.360. The van der Waals surface area contributed by atoms with E-state index in [0.717, 1.165) is 17.8 Å². The van der Waals surface area contributed by atoms with Gasteiger partial charge in [-0.15, -0.1) is 0 Å². The minimum Gasteiger partial charge on any atom is -0.348 e.